The average Bonchev–Trinajstić information content (AvgIpc) is 3.67. The number of hydrogen-bond donors (Lipinski definition) is 1. The second-order valence-corrected chi connectivity index (χ2v) is 13.5. The van der Waals surface area contributed by atoms with Gasteiger partial charge in [0.15, 0.2) is 16.0 Å². The Hall–Kier alpha value is -4.32. The number of ether oxygens (including phenoxy) is 2. The number of likely N-dealkylation sites (N-methyl/N-ethyl adjacent to an activating group) is 1. The molecule has 0 radical (unpaired) electrons. The van der Waals surface area contributed by atoms with Crippen LogP contribution in [0.25, 0.3) is 10.2 Å². The summed E-state index contributed by atoms with van der Waals surface area (Å²) >= 11 is 3.02. The maximum absolute atomic E-state index is 13.4. The van der Waals surface area contributed by atoms with E-state index in [0.29, 0.717) is 42.6 Å². The quantitative estimate of drug-likeness (QED) is 0.110. The van der Waals surface area contributed by atoms with Crippen LogP contribution in [0.5, 0.6) is 11.5 Å². The lowest BCUT2D eigenvalue weighted by molar-refractivity contribution is 0.100. The first-order valence-corrected chi connectivity index (χ1v) is 17.0. The first-order chi connectivity index (χ1) is 22.3. The van der Waals surface area contributed by atoms with Gasteiger partial charge in [-0.25, -0.2) is 9.97 Å². The van der Waals surface area contributed by atoms with Gasteiger partial charge in [0.2, 0.25) is 0 Å². The van der Waals surface area contributed by atoms with Crippen LogP contribution in [-0.4, -0.2) is 67.0 Å². The van der Waals surface area contributed by atoms with E-state index >= 15 is 0 Å². The van der Waals surface area contributed by atoms with Gasteiger partial charge in [-0.2, -0.15) is 0 Å². The third-order valence-electron chi connectivity index (χ3n) is 7.77. The molecule has 0 saturated heterocycles. The van der Waals surface area contributed by atoms with Crippen molar-refractivity contribution in [3.8, 4) is 11.5 Å². The SMILES string of the molecule is CC(=O)c1nc(N2CCc3cccc(C(=O)Nc4nc5ccccc5s4)c3C2)sc1CCCOc1ccc(OCCN(C)C)cc1. The van der Waals surface area contributed by atoms with E-state index in [1.54, 1.807) is 18.3 Å². The molecule has 1 amide bonds. The van der Waals surface area contributed by atoms with E-state index in [9.17, 15) is 9.59 Å². The summed E-state index contributed by atoms with van der Waals surface area (Å²) in [4.78, 5) is 40.6. The molecule has 0 fully saturated rings. The molecule has 238 valence electrons. The molecule has 5 aromatic rings. The maximum atomic E-state index is 13.4. The number of thiazole rings is 2. The topological polar surface area (TPSA) is 96.9 Å². The van der Waals surface area contributed by atoms with Gasteiger partial charge in [-0.15, -0.1) is 11.3 Å². The molecule has 1 aliphatic rings. The Morgan fingerprint density at radius 2 is 1.70 bits per heavy atom. The monoisotopic (exact) mass is 655 g/mol. The summed E-state index contributed by atoms with van der Waals surface area (Å²) in [5, 5.41) is 4.39. The first kappa shape index (κ1) is 31.7. The molecule has 9 nitrogen and oxygen atoms in total. The second-order valence-electron chi connectivity index (χ2n) is 11.5. The predicted molar refractivity (Wildman–Crippen MR) is 185 cm³/mol. The van der Waals surface area contributed by atoms with E-state index in [0.717, 1.165) is 68.8 Å². The molecular formula is C35H37N5O4S2. The smallest absolute Gasteiger partial charge is 0.257 e. The minimum absolute atomic E-state index is 0.0448. The lowest BCUT2D eigenvalue weighted by Crippen LogP contribution is -2.32. The van der Waals surface area contributed by atoms with Crippen molar-refractivity contribution in [2.45, 2.75) is 32.7 Å². The van der Waals surface area contributed by atoms with Crippen molar-refractivity contribution >= 4 is 54.8 Å². The van der Waals surface area contributed by atoms with Gasteiger partial charge in [0.25, 0.3) is 5.91 Å². The van der Waals surface area contributed by atoms with Gasteiger partial charge in [0, 0.05) is 37.0 Å². The lowest BCUT2D eigenvalue weighted by atomic mass is 9.94. The molecule has 0 spiro atoms. The number of amides is 1. The van der Waals surface area contributed by atoms with Crippen LogP contribution < -0.4 is 19.7 Å². The number of hydrogen-bond acceptors (Lipinski definition) is 10. The zero-order valence-corrected chi connectivity index (χ0v) is 27.9. The molecule has 11 heteroatoms. The Bertz CT molecular complexity index is 1800. The van der Waals surface area contributed by atoms with Crippen molar-refractivity contribution in [3.63, 3.8) is 0 Å². The molecule has 46 heavy (non-hydrogen) atoms. The molecule has 3 heterocycles. The predicted octanol–water partition coefficient (Wildman–Crippen LogP) is 6.72. The summed E-state index contributed by atoms with van der Waals surface area (Å²) in [5.74, 6) is 1.38. The summed E-state index contributed by atoms with van der Waals surface area (Å²) in [6, 6.07) is 21.4. The minimum Gasteiger partial charge on any atom is -0.494 e. The molecule has 1 aliphatic heterocycles. The van der Waals surface area contributed by atoms with Gasteiger partial charge < -0.3 is 19.3 Å². The van der Waals surface area contributed by atoms with Crippen molar-refractivity contribution in [2.75, 3.05) is 50.6 Å². The molecular weight excluding hydrogens is 619 g/mol. The number of carbonyl (C=O) groups excluding carboxylic acids is 2. The molecule has 1 N–H and O–H groups in total. The molecule has 6 rings (SSSR count). The van der Waals surface area contributed by atoms with E-state index in [4.69, 9.17) is 14.5 Å². The number of para-hydroxylation sites is 1. The second kappa shape index (κ2) is 14.4. The molecule has 0 aliphatic carbocycles. The highest BCUT2D eigenvalue weighted by molar-refractivity contribution is 7.22. The van der Waals surface area contributed by atoms with E-state index in [2.05, 4.69) is 26.2 Å². The first-order valence-electron chi connectivity index (χ1n) is 15.4. The number of aryl methyl sites for hydroxylation is 1. The van der Waals surface area contributed by atoms with Crippen molar-refractivity contribution in [3.05, 3.63) is 94.0 Å². The number of nitrogens with zero attached hydrogens (tertiary/aromatic N) is 4. The van der Waals surface area contributed by atoms with Gasteiger partial charge in [-0.05, 0) is 86.9 Å². The van der Waals surface area contributed by atoms with Crippen molar-refractivity contribution in [1.29, 1.82) is 0 Å². The number of aromatic nitrogens is 2. The number of anilines is 2. The van der Waals surface area contributed by atoms with Crippen LogP contribution >= 0.6 is 22.7 Å². The third-order valence-corrected chi connectivity index (χ3v) is 9.90. The average molecular weight is 656 g/mol. The Morgan fingerprint density at radius 1 is 0.935 bits per heavy atom. The van der Waals surface area contributed by atoms with Crippen LogP contribution in [0.15, 0.2) is 66.7 Å². The zero-order chi connectivity index (χ0) is 32.0. The Balaban J connectivity index is 1.08. The molecule has 0 atom stereocenters. The van der Waals surface area contributed by atoms with Crippen LogP contribution in [0.3, 0.4) is 0 Å². The van der Waals surface area contributed by atoms with Crippen molar-refractivity contribution < 1.29 is 19.1 Å². The summed E-state index contributed by atoms with van der Waals surface area (Å²) in [5.41, 5.74) is 4.16. The highest BCUT2D eigenvalue weighted by atomic mass is 32.1. The van der Waals surface area contributed by atoms with E-state index in [1.165, 1.54) is 11.3 Å². The van der Waals surface area contributed by atoms with Crippen molar-refractivity contribution in [2.24, 2.45) is 0 Å². The summed E-state index contributed by atoms with van der Waals surface area (Å²) in [6.07, 6.45) is 2.23. The number of Topliss-reactive ketones (excluding diaryl/α,β-unsaturated/α-hetero) is 1. The fourth-order valence-electron chi connectivity index (χ4n) is 5.37. The maximum Gasteiger partial charge on any atom is 0.257 e. The number of benzene rings is 3. The van der Waals surface area contributed by atoms with E-state index in [-0.39, 0.29) is 11.7 Å². The Morgan fingerprint density at radius 3 is 2.43 bits per heavy atom. The summed E-state index contributed by atoms with van der Waals surface area (Å²) in [7, 11) is 4.04. The van der Waals surface area contributed by atoms with Gasteiger partial charge >= 0.3 is 0 Å². The van der Waals surface area contributed by atoms with Crippen LogP contribution in [0, 0.1) is 0 Å². The Labute approximate surface area is 276 Å². The molecule has 2 aromatic heterocycles. The van der Waals surface area contributed by atoms with Gasteiger partial charge in [0.1, 0.15) is 23.8 Å². The van der Waals surface area contributed by atoms with Gasteiger partial charge in [-0.3, -0.25) is 14.9 Å². The number of rotatable bonds is 13. The zero-order valence-electron chi connectivity index (χ0n) is 26.2. The highest BCUT2D eigenvalue weighted by Crippen LogP contribution is 2.33. The molecule has 0 saturated carbocycles. The number of ketones is 1. The molecule has 0 bridgehead atoms. The highest BCUT2D eigenvalue weighted by Gasteiger charge is 2.26. The fraction of sp³-hybridized carbons (Fsp3) is 0.314. The minimum atomic E-state index is -0.173. The molecule has 3 aromatic carbocycles. The Kier molecular flexibility index (Phi) is 9.91. The number of nitrogens with one attached hydrogen (secondary N) is 1. The number of carbonyl (C=O) groups is 2. The fourth-order valence-corrected chi connectivity index (χ4v) is 7.40. The summed E-state index contributed by atoms with van der Waals surface area (Å²) < 4.78 is 12.8. The van der Waals surface area contributed by atoms with Gasteiger partial charge in [0.05, 0.1) is 16.8 Å². The van der Waals surface area contributed by atoms with Crippen LogP contribution in [0.4, 0.5) is 10.3 Å². The molecule has 0 unspecified atom stereocenters. The largest absolute Gasteiger partial charge is 0.494 e. The lowest BCUT2D eigenvalue weighted by Gasteiger charge is -2.29. The third kappa shape index (κ3) is 7.55. The van der Waals surface area contributed by atoms with Gasteiger partial charge in [-0.1, -0.05) is 35.6 Å². The number of fused-ring (bicyclic) bond motifs is 2. The van der Waals surface area contributed by atoms with Crippen LogP contribution in [0.1, 0.15) is 50.2 Å². The van der Waals surface area contributed by atoms with E-state index < -0.39 is 0 Å². The van der Waals surface area contributed by atoms with Crippen LogP contribution in [0.2, 0.25) is 0 Å². The van der Waals surface area contributed by atoms with Crippen molar-refractivity contribution in [1.82, 2.24) is 14.9 Å². The van der Waals surface area contributed by atoms with E-state index in [1.807, 2.05) is 74.8 Å². The van der Waals surface area contributed by atoms with Crippen LogP contribution in [-0.2, 0) is 19.4 Å². The normalized spacial score (nSPS) is 12.7. The standard InChI is InChI=1S/C35H37N5O4S2/c1-23(41)32-31(12-7-20-43-25-13-15-26(16-14-25)44-21-19-39(2)3)46-35(37-32)40-18-17-24-8-6-9-27(28(24)22-40)33(42)38-34-36-29-10-4-5-11-30(29)45-34/h4-6,8-11,13-16H,7,12,17-22H2,1-3H3,(H,36,38,42). The summed E-state index contributed by atoms with van der Waals surface area (Å²) in [6.45, 7) is 4.88.